The molecule has 3 aromatic heterocycles. The summed E-state index contributed by atoms with van der Waals surface area (Å²) in [6.45, 7) is 24.7. The number of carbonyl (C=O) groups excluding carboxylic acids is 6. The van der Waals surface area contributed by atoms with Crippen LogP contribution in [0.5, 0.6) is 34.5 Å². The number of amides is 6. The highest BCUT2D eigenvalue weighted by Crippen LogP contribution is 2.42. The predicted octanol–water partition coefficient (Wildman–Crippen LogP) is 13.5. The lowest BCUT2D eigenvalue weighted by Crippen LogP contribution is -2.45. The molecule has 2 saturated carbocycles. The number of nitrogens with zero attached hydrogens (tertiary/aromatic N) is 9. The Morgan fingerprint density at radius 3 is 1.01 bits per heavy atom. The zero-order valence-corrected chi connectivity index (χ0v) is 75.5. The van der Waals surface area contributed by atoms with Gasteiger partial charge in [0.25, 0.3) is 17.7 Å². The Bertz CT molecular complexity index is 4090. The average molecular weight is 1700 g/mol. The summed E-state index contributed by atoms with van der Waals surface area (Å²) in [5, 5.41) is 32.8. The van der Waals surface area contributed by atoms with Gasteiger partial charge in [-0.3, -0.25) is 42.8 Å². The van der Waals surface area contributed by atoms with E-state index < -0.39 is 0 Å². The second-order valence-electron chi connectivity index (χ2n) is 33.4. The first-order valence-electron chi connectivity index (χ1n) is 44.5. The average Bonchev–Trinajstić information content (AvgIpc) is 1.72. The molecule has 670 valence electrons. The van der Waals surface area contributed by atoms with Crippen molar-refractivity contribution >= 4 is 47.9 Å². The largest absolute Gasteiger partial charge is 0.496 e. The van der Waals surface area contributed by atoms with E-state index in [0.717, 1.165) is 150 Å². The summed E-state index contributed by atoms with van der Waals surface area (Å²) < 4.78 is 44.7. The minimum absolute atomic E-state index is 0. The van der Waals surface area contributed by atoms with Crippen molar-refractivity contribution in [2.24, 2.45) is 17.8 Å². The molecule has 5 fully saturated rings. The maximum atomic E-state index is 13.7. The molecule has 3 saturated heterocycles. The van der Waals surface area contributed by atoms with Gasteiger partial charge in [0.2, 0.25) is 17.7 Å². The van der Waals surface area contributed by atoms with Gasteiger partial charge in [0.1, 0.15) is 34.5 Å². The van der Waals surface area contributed by atoms with Crippen molar-refractivity contribution in [3.63, 3.8) is 0 Å². The lowest BCUT2D eigenvalue weighted by atomic mass is 9.93. The second kappa shape index (κ2) is 51.2. The van der Waals surface area contributed by atoms with Gasteiger partial charge in [0.05, 0.1) is 83.0 Å². The number of aromatic nitrogens is 6. The smallest absolute Gasteiger partial charge is 0.272 e. The Hall–Kier alpha value is -8.96. The molecule has 6 amide bonds. The number of ether oxygens (including phenoxy) is 7. The number of hydrogen-bond donors (Lipinski definition) is 6. The quantitative estimate of drug-likeness (QED) is 0.0194. The monoisotopic (exact) mass is 1700 g/mol. The summed E-state index contributed by atoms with van der Waals surface area (Å²) in [6, 6.07) is 22.0. The van der Waals surface area contributed by atoms with Crippen molar-refractivity contribution in [1.82, 2.24) is 75.9 Å². The third-order valence-electron chi connectivity index (χ3n) is 24.0. The van der Waals surface area contributed by atoms with Gasteiger partial charge in [0, 0.05) is 102 Å². The van der Waals surface area contributed by atoms with E-state index in [1.165, 1.54) is 70.6 Å². The molecule has 0 bridgehead atoms. The maximum absolute atomic E-state index is 13.7. The fourth-order valence-electron chi connectivity index (χ4n) is 16.2. The Morgan fingerprint density at radius 1 is 0.413 bits per heavy atom. The molecule has 11 rings (SSSR count). The minimum Gasteiger partial charge on any atom is -0.496 e. The molecule has 6 N–H and O–H groups in total. The van der Waals surface area contributed by atoms with E-state index in [4.69, 9.17) is 43.4 Å². The van der Waals surface area contributed by atoms with Gasteiger partial charge >= 0.3 is 0 Å². The number of halogens is 1. The number of carbonyl (C=O) groups is 6. The Labute approximate surface area is 725 Å². The molecule has 5 aliphatic rings. The van der Waals surface area contributed by atoms with Crippen LogP contribution in [0.4, 0.5) is 0 Å². The van der Waals surface area contributed by atoms with Gasteiger partial charge in [-0.25, -0.2) is 0 Å². The fraction of sp³-hybridized carbons (Fsp3) is 0.641. The van der Waals surface area contributed by atoms with Crippen molar-refractivity contribution in [1.29, 1.82) is 0 Å². The van der Waals surface area contributed by atoms with Crippen LogP contribution in [0.25, 0.3) is 33.8 Å². The molecule has 2 aliphatic carbocycles. The van der Waals surface area contributed by atoms with Crippen molar-refractivity contribution in [2.45, 2.75) is 245 Å². The van der Waals surface area contributed by atoms with Gasteiger partial charge in [0.15, 0.2) is 17.1 Å². The maximum Gasteiger partial charge on any atom is 0.272 e. The first kappa shape index (κ1) is 97.5. The number of hydrogen-bond acceptors (Lipinski definition) is 19. The molecule has 6 aromatic rings. The molecule has 0 spiro atoms. The van der Waals surface area contributed by atoms with Crippen LogP contribution in [0.1, 0.15) is 227 Å². The molecule has 1 unspecified atom stereocenters. The summed E-state index contributed by atoms with van der Waals surface area (Å²) in [5.41, 5.74) is 5.53. The highest BCUT2D eigenvalue weighted by atomic mass is 35.5. The lowest BCUT2D eigenvalue weighted by molar-refractivity contribution is -0.123. The van der Waals surface area contributed by atoms with Crippen LogP contribution in [-0.4, -0.2) is 232 Å². The zero-order chi connectivity index (χ0) is 85.9. The lowest BCUT2D eigenvalue weighted by Gasteiger charge is -2.29. The zero-order valence-electron chi connectivity index (χ0n) is 74.7. The topological polar surface area (TPSA) is 302 Å². The van der Waals surface area contributed by atoms with Gasteiger partial charge in [-0.2, -0.15) is 15.3 Å². The minimum atomic E-state index is -0.318. The van der Waals surface area contributed by atoms with Gasteiger partial charge < -0.3 is 79.8 Å². The number of likely N-dealkylation sites (tertiary alicyclic amines) is 3. The van der Waals surface area contributed by atoms with E-state index in [0.29, 0.717) is 109 Å². The molecular formula is C92H142ClN15O13. The van der Waals surface area contributed by atoms with Crippen molar-refractivity contribution in [2.75, 3.05) is 122 Å². The highest BCUT2D eigenvalue weighted by molar-refractivity contribution is 5.96. The molecule has 4 atom stereocenters. The number of nitrogens with one attached hydrogen (secondary N) is 6. The SMILES string of the molecule is CCC(C)Cn1nc(C(=O)N[C@@H](CCN2CCCCC2)CC(=O)NC2CCC2)cc1-c1c(OC)cccc1OC.CCC(CC)Cn1nc(C(=O)N[C@@H](CCN2CCCCC2)CC(=O)NC2CCC2)cc1-c1c(OC)cccc1OC.COCCNC(=O)C[C@H](CCN1CCCCC1)NC(=O)c1cc(-c2c(OC)cccc2OC)n(CC(C)C)n1.Cl. The number of rotatable bonds is 44. The molecule has 121 heavy (non-hydrogen) atoms. The summed E-state index contributed by atoms with van der Waals surface area (Å²) in [7, 11) is 11.3. The Kier molecular flexibility index (Phi) is 41.3. The Balaban J connectivity index is 0.000000225. The van der Waals surface area contributed by atoms with Crippen molar-refractivity contribution < 1.29 is 61.9 Å². The van der Waals surface area contributed by atoms with Crippen LogP contribution in [0, 0.1) is 17.8 Å². The van der Waals surface area contributed by atoms with Crippen LogP contribution < -0.4 is 60.3 Å². The fourth-order valence-corrected chi connectivity index (χ4v) is 16.2. The van der Waals surface area contributed by atoms with Crippen LogP contribution in [0.15, 0.2) is 72.8 Å². The third-order valence-corrected chi connectivity index (χ3v) is 24.0. The molecule has 29 heteroatoms. The normalized spacial score (nSPS) is 16.2. The van der Waals surface area contributed by atoms with Gasteiger partial charge in [-0.1, -0.05) is 98.3 Å². The van der Waals surface area contributed by atoms with Crippen LogP contribution in [0.2, 0.25) is 0 Å². The summed E-state index contributed by atoms with van der Waals surface area (Å²) in [6.07, 6.45) is 23.4. The molecule has 3 aromatic carbocycles. The van der Waals surface area contributed by atoms with E-state index >= 15 is 0 Å². The number of piperidine rings is 3. The van der Waals surface area contributed by atoms with E-state index in [2.05, 4.69) is 93.2 Å². The van der Waals surface area contributed by atoms with Crippen LogP contribution >= 0.6 is 12.4 Å². The van der Waals surface area contributed by atoms with E-state index in [1.807, 2.05) is 80.8 Å². The Morgan fingerprint density at radius 2 is 0.727 bits per heavy atom. The van der Waals surface area contributed by atoms with Crippen LogP contribution in [0.3, 0.4) is 0 Å². The number of methoxy groups -OCH3 is 7. The summed E-state index contributed by atoms with van der Waals surface area (Å²) >= 11 is 0. The second-order valence-corrected chi connectivity index (χ2v) is 33.4. The molecular weight excluding hydrogens is 1560 g/mol. The van der Waals surface area contributed by atoms with Gasteiger partial charge in [-0.05, 0) is 208 Å². The van der Waals surface area contributed by atoms with Crippen molar-refractivity contribution in [3.8, 4) is 68.3 Å². The predicted molar refractivity (Wildman–Crippen MR) is 477 cm³/mol. The standard InChI is InChI=1S/C32H49N5O4.C31H47N5O4.C29H45N5O5.ClH/c1-5-23(6-2)22-37-27(31-28(40-3)14-11-15-29(31)41-4)21-26(35-37)32(39)34-25(16-19-36-17-8-7-9-18-36)20-30(38)33-24-12-10-13-24;1-5-22(2)21-36-26(30-27(39-3)13-10-14-28(30)40-4)20-25(34-36)31(38)33-24(15-18-35-16-7-6-8-17-35)19-29(37)32-23-11-9-12-23;1-21(2)20-34-24(28-25(38-4)10-9-11-26(28)39-5)19-23(32-34)29(36)31-22(18-27(35)30-13-17-37-3)12-16-33-14-7-6-8-15-33;/h11,14-15,21,23-25H,5-10,12-13,16-20,22H2,1-4H3,(H,33,38)(H,34,39);10,13-14,20,22-24H,5-9,11-12,15-19,21H2,1-4H3,(H,32,37)(H,33,38);9-11,19,21-22H,6-8,12-18,20H2,1-5H3,(H,30,35)(H,31,36);1H/t25-;22?,24-;22-;/m000./s1. The van der Waals surface area contributed by atoms with Crippen LogP contribution in [-0.2, 0) is 38.8 Å². The van der Waals surface area contributed by atoms with E-state index in [9.17, 15) is 28.8 Å². The summed E-state index contributed by atoms with van der Waals surface area (Å²) in [5.74, 6) is 4.07. The van der Waals surface area contributed by atoms with E-state index in [1.54, 1.807) is 55.8 Å². The number of benzene rings is 3. The highest BCUT2D eigenvalue weighted by Gasteiger charge is 2.32. The molecule has 0 radical (unpaired) electrons. The van der Waals surface area contributed by atoms with Gasteiger partial charge in [-0.15, -0.1) is 12.4 Å². The van der Waals surface area contributed by atoms with E-state index in [-0.39, 0.29) is 97.3 Å². The molecule has 6 heterocycles. The first-order chi connectivity index (χ1) is 58.2. The first-order valence-corrected chi connectivity index (χ1v) is 44.5. The third kappa shape index (κ3) is 29.6. The molecule has 3 aliphatic heterocycles. The molecule has 28 nitrogen and oxygen atoms in total. The summed E-state index contributed by atoms with van der Waals surface area (Å²) in [4.78, 5) is 86.5. The van der Waals surface area contributed by atoms with Crippen molar-refractivity contribution in [3.05, 3.63) is 89.9 Å².